The van der Waals surface area contributed by atoms with Crippen molar-refractivity contribution >= 4 is 27.7 Å². The molecule has 0 amide bonds. The highest BCUT2D eigenvalue weighted by Gasteiger charge is 2.36. The average Bonchev–Trinajstić information content (AvgIpc) is 3.08. The summed E-state index contributed by atoms with van der Waals surface area (Å²) in [5.41, 5.74) is 1.01. The van der Waals surface area contributed by atoms with Crippen LogP contribution in [0.15, 0.2) is 16.7 Å². The number of furan rings is 1. The maximum absolute atomic E-state index is 11.5. The average molecular weight is 455 g/mol. The number of esters is 1. The summed E-state index contributed by atoms with van der Waals surface area (Å²) in [6.07, 6.45) is 9.52. The second-order valence-electron chi connectivity index (χ2n) is 11.1. The van der Waals surface area contributed by atoms with Crippen LogP contribution in [0.3, 0.4) is 0 Å². The van der Waals surface area contributed by atoms with Crippen molar-refractivity contribution in [3.63, 3.8) is 0 Å². The van der Waals surface area contributed by atoms with Crippen molar-refractivity contribution in [3.05, 3.63) is 17.9 Å². The molecule has 1 rings (SSSR count). The molecule has 0 saturated heterocycles. The Morgan fingerprint density at radius 2 is 1.57 bits per heavy atom. The van der Waals surface area contributed by atoms with E-state index in [2.05, 4.69) is 59.6 Å². The van der Waals surface area contributed by atoms with Crippen molar-refractivity contribution in [1.29, 1.82) is 0 Å². The topological polar surface area (TPSA) is 48.7 Å². The summed E-state index contributed by atoms with van der Waals surface area (Å²) in [4.78, 5) is 11.5. The summed E-state index contributed by atoms with van der Waals surface area (Å²) >= 11 is 0. The zero-order valence-corrected chi connectivity index (χ0v) is 23.0. The zero-order valence-electron chi connectivity index (χ0n) is 21.0. The van der Waals surface area contributed by atoms with E-state index in [9.17, 15) is 4.79 Å². The number of carbonyl (C=O) groups excluding carboxylic acids is 1. The number of hydrogen-bond acceptors (Lipinski definition) is 4. The molecule has 0 bridgehead atoms. The van der Waals surface area contributed by atoms with Gasteiger partial charge in [-0.2, -0.15) is 0 Å². The molecule has 0 aliphatic rings. The van der Waals surface area contributed by atoms with Crippen molar-refractivity contribution in [2.45, 2.75) is 117 Å². The molecule has 174 valence electrons. The predicted molar refractivity (Wildman–Crippen MR) is 132 cm³/mol. The molecule has 1 unspecified atom stereocenters. The van der Waals surface area contributed by atoms with Crippen LogP contribution in [0.4, 0.5) is 0 Å². The maximum atomic E-state index is 11.5. The predicted octanol–water partition coefficient (Wildman–Crippen LogP) is 7.18. The molecule has 1 atom stereocenters. The first-order valence-corrected chi connectivity index (χ1v) is 18.0. The molecule has 1 heterocycles. The van der Waals surface area contributed by atoms with Gasteiger partial charge in [0, 0.05) is 19.1 Å². The van der Waals surface area contributed by atoms with Gasteiger partial charge in [-0.1, -0.05) is 66.1 Å². The Morgan fingerprint density at radius 3 is 2.07 bits per heavy atom. The van der Waals surface area contributed by atoms with E-state index in [4.69, 9.17) is 13.6 Å². The van der Waals surface area contributed by atoms with Crippen molar-refractivity contribution in [2.75, 3.05) is 6.61 Å². The van der Waals surface area contributed by atoms with Gasteiger partial charge in [0.05, 0.1) is 11.6 Å². The van der Waals surface area contributed by atoms with Crippen LogP contribution in [0.2, 0.25) is 37.8 Å². The smallest absolute Gasteiger partial charge is 0.303 e. The first-order valence-electron chi connectivity index (χ1n) is 11.6. The summed E-state index contributed by atoms with van der Waals surface area (Å²) in [6.45, 7) is 20.7. The van der Waals surface area contributed by atoms with Crippen LogP contribution < -0.4 is 5.38 Å². The minimum Gasteiger partial charge on any atom is -0.474 e. The van der Waals surface area contributed by atoms with Gasteiger partial charge in [-0.05, 0) is 43.5 Å². The van der Waals surface area contributed by atoms with Gasteiger partial charge in [-0.25, -0.2) is 0 Å². The number of rotatable bonds is 13. The molecule has 0 aromatic carbocycles. The van der Waals surface area contributed by atoms with E-state index in [1.807, 2.05) is 0 Å². The van der Waals surface area contributed by atoms with Crippen LogP contribution in [0.1, 0.15) is 84.3 Å². The van der Waals surface area contributed by atoms with Gasteiger partial charge in [0.15, 0.2) is 8.32 Å². The second kappa shape index (κ2) is 11.7. The SMILES string of the molecule is CC(=O)OC(CCCCCCCCO[Si](C)(C)C(C)(C)C)c1coc([Si](C)(C)C)c1. The Kier molecular flexibility index (Phi) is 10.6. The molecule has 0 radical (unpaired) electrons. The molecular formula is C24H46O4Si2. The first-order chi connectivity index (χ1) is 13.7. The lowest BCUT2D eigenvalue weighted by Crippen LogP contribution is -2.40. The summed E-state index contributed by atoms with van der Waals surface area (Å²) in [5.74, 6) is -0.225. The van der Waals surface area contributed by atoms with E-state index in [-0.39, 0.29) is 17.1 Å². The van der Waals surface area contributed by atoms with Crippen LogP contribution in [0.25, 0.3) is 0 Å². The Bertz CT molecular complexity index is 638. The first kappa shape index (κ1) is 27.2. The minimum atomic E-state index is -1.60. The van der Waals surface area contributed by atoms with Crippen LogP contribution in [0.5, 0.6) is 0 Å². The molecule has 0 spiro atoms. The van der Waals surface area contributed by atoms with E-state index >= 15 is 0 Å². The van der Waals surface area contributed by atoms with Gasteiger partial charge in [0.2, 0.25) is 0 Å². The molecular weight excluding hydrogens is 408 g/mol. The fraction of sp³-hybridized carbons (Fsp3) is 0.792. The molecule has 4 nitrogen and oxygen atoms in total. The molecule has 0 saturated carbocycles. The third kappa shape index (κ3) is 9.52. The van der Waals surface area contributed by atoms with Gasteiger partial charge < -0.3 is 13.6 Å². The molecule has 0 N–H and O–H groups in total. The summed E-state index contributed by atoms with van der Waals surface area (Å²) in [5, 5.41) is 1.35. The van der Waals surface area contributed by atoms with Crippen LogP contribution in [-0.4, -0.2) is 29.0 Å². The van der Waals surface area contributed by atoms with E-state index in [0.29, 0.717) is 0 Å². The van der Waals surface area contributed by atoms with Crippen LogP contribution in [-0.2, 0) is 14.0 Å². The van der Waals surface area contributed by atoms with E-state index in [0.717, 1.165) is 36.8 Å². The fourth-order valence-corrected chi connectivity index (χ4v) is 5.19. The van der Waals surface area contributed by atoms with Gasteiger partial charge in [0.25, 0.3) is 0 Å². The molecule has 1 aromatic heterocycles. The molecule has 6 heteroatoms. The largest absolute Gasteiger partial charge is 0.474 e. The molecule has 1 aromatic rings. The number of unbranched alkanes of at least 4 members (excludes halogenated alkanes) is 5. The maximum Gasteiger partial charge on any atom is 0.303 e. The molecule has 0 aliphatic heterocycles. The Morgan fingerprint density at radius 1 is 1.00 bits per heavy atom. The van der Waals surface area contributed by atoms with Crippen molar-refractivity contribution in [2.24, 2.45) is 0 Å². The second-order valence-corrected chi connectivity index (χ2v) is 20.9. The van der Waals surface area contributed by atoms with E-state index in [1.54, 1.807) is 6.26 Å². The van der Waals surface area contributed by atoms with Gasteiger partial charge >= 0.3 is 5.97 Å². The lowest BCUT2D eigenvalue weighted by Gasteiger charge is -2.36. The third-order valence-corrected chi connectivity index (χ3v) is 12.4. The summed E-state index contributed by atoms with van der Waals surface area (Å²) in [7, 11) is -3.10. The highest BCUT2D eigenvalue weighted by Crippen LogP contribution is 2.36. The Balaban J connectivity index is 2.30. The minimum absolute atomic E-state index is 0.186. The normalized spacial score (nSPS) is 14.0. The van der Waals surface area contributed by atoms with E-state index in [1.165, 1.54) is 32.6 Å². The monoisotopic (exact) mass is 454 g/mol. The number of hydrogen-bond donors (Lipinski definition) is 0. The zero-order chi connectivity index (χ0) is 23.0. The Labute approximate surface area is 187 Å². The summed E-state index contributed by atoms with van der Waals surface area (Å²) < 4.78 is 17.6. The Hall–Kier alpha value is -0.856. The van der Waals surface area contributed by atoms with Gasteiger partial charge in [-0.3, -0.25) is 4.79 Å². The molecule has 0 fully saturated rings. The molecule has 30 heavy (non-hydrogen) atoms. The fourth-order valence-electron chi connectivity index (χ4n) is 3.09. The summed E-state index contributed by atoms with van der Waals surface area (Å²) in [6, 6.07) is 2.10. The number of ether oxygens (including phenoxy) is 1. The number of carbonyl (C=O) groups is 1. The van der Waals surface area contributed by atoms with Crippen molar-refractivity contribution < 1.29 is 18.4 Å². The molecule has 0 aliphatic carbocycles. The highest BCUT2D eigenvalue weighted by molar-refractivity contribution is 6.87. The third-order valence-electron chi connectivity index (χ3n) is 6.17. The van der Waals surface area contributed by atoms with Crippen LogP contribution in [0, 0.1) is 0 Å². The van der Waals surface area contributed by atoms with Gasteiger partial charge in [0.1, 0.15) is 14.2 Å². The lowest BCUT2D eigenvalue weighted by atomic mass is 10.0. The standard InChI is InChI=1S/C24H46O4Si2/c1-20(25)28-22(21-18-23(26-19-21)29(5,6)7)16-14-12-10-11-13-15-17-27-30(8,9)24(2,3)4/h18-19,22H,10-17H2,1-9H3. The highest BCUT2D eigenvalue weighted by atomic mass is 28.4. The quantitative estimate of drug-likeness (QED) is 0.180. The van der Waals surface area contributed by atoms with Crippen molar-refractivity contribution in [3.8, 4) is 0 Å². The van der Waals surface area contributed by atoms with Crippen molar-refractivity contribution in [1.82, 2.24) is 0 Å². The van der Waals surface area contributed by atoms with Gasteiger partial charge in [-0.15, -0.1) is 0 Å². The van der Waals surface area contributed by atoms with E-state index < -0.39 is 16.4 Å². The lowest BCUT2D eigenvalue weighted by molar-refractivity contribution is -0.147. The van der Waals surface area contributed by atoms with Crippen LogP contribution >= 0.6 is 0 Å².